The zero-order valence-corrected chi connectivity index (χ0v) is 21.6. The van der Waals surface area contributed by atoms with E-state index < -0.39 is 25.7 Å². The maximum atomic E-state index is 12.8. The van der Waals surface area contributed by atoms with Crippen LogP contribution in [0.15, 0.2) is 60.7 Å². The Labute approximate surface area is 198 Å². The SMILES string of the molecule is CC(C)C(C#C[C@@H](C)/C=C/c1ccc(C(F)(F)F)cc1)(O[Si](C)(C)c1ccccc1)C(C)C. The van der Waals surface area contributed by atoms with Gasteiger partial charge in [0.1, 0.15) is 5.60 Å². The summed E-state index contributed by atoms with van der Waals surface area (Å²) in [6, 6.07) is 15.5. The number of hydrogen-bond acceptors (Lipinski definition) is 1. The highest BCUT2D eigenvalue weighted by molar-refractivity contribution is 6.84. The fraction of sp³-hybridized carbons (Fsp3) is 0.429. The van der Waals surface area contributed by atoms with Crippen molar-refractivity contribution >= 4 is 19.6 Å². The lowest BCUT2D eigenvalue weighted by atomic mass is 9.80. The van der Waals surface area contributed by atoms with Crippen molar-refractivity contribution in [3.8, 4) is 11.8 Å². The van der Waals surface area contributed by atoms with Crippen LogP contribution in [0.2, 0.25) is 13.1 Å². The van der Waals surface area contributed by atoms with Crippen molar-refractivity contribution in [1.82, 2.24) is 0 Å². The van der Waals surface area contributed by atoms with Crippen LogP contribution >= 0.6 is 0 Å². The van der Waals surface area contributed by atoms with Gasteiger partial charge in [-0.3, -0.25) is 0 Å². The molecule has 2 aromatic carbocycles. The van der Waals surface area contributed by atoms with E-state index >= 15 is 0 Å². The highest BCUT2D eigenvalue weighted by atomic mass is 28.4. The van der Waals surface area contributed by atoms with Crippen LogP contribution < -0.4 is 5.19 Å². The molecule has 0 unspecified atom stereocenters. The molecule has 0 heterocycles. The molecule has 5 heteroatoms. The molecule has 0 aliphatic heterocycles. The third-order valence-corrected chi connectivity index (χ3v) is 8.49. The molecule has 0 saturated heterocycles. The third-order valence-electron chi connectivity index (χ3n) is 5.92. The summed E-state index contributed by atoms with van der Waals surface area (Å²) in [7, 11) is -2.22. The number of halogens is 3. The molecule has 0 fully saturated rings. The van der Waals surface area contributed by atoms with Crippen LogP contribution in [-0.2, 0) is 10.6 Å². The predicted octanol–water partition coefficient (Wildman–Crippen LogP) is 7.54. The van der Waals surface area contributed by atoms with Gasteiger partial charge in [0.25, 0.3) is 0 Å². The molecule has 1 nitrogen and oxygen atoms in total. The van der Waals surface area contributed by atoms with Crippen LogP contribution in [0.1, 0.15) is 45.7 Å². The van der Waals surface area contributed by atoms with E-state index in [0.29, 0.717) is 5.56 Å². The number of rotatable bonds is 7. The molecule has 0 radical (unpaired) electrons. The fourth-order valence-electron chi connectivity index (χ4n) is 3.85. The normalized spacial score (nSPS) is 13.9. The first-order chi connectivity index (χ1) is 15.3. The highest BCUT2D eigenvalue weighted by Crippen LogP contribution is 2.33. The molecule has 0 saturated carbocycles. The maximum absolute atomic E-state index is 12.8. The Balaban J connectivity index is 2.27. The number of benzene rings is 2. The van der Waals surface area contributed by atoms with E-state index in [4.69, 9.17) is 4.43 Å². The maximum Gasteiger partial charge on any atom is 0.416 e. The smallest absolute Gasteiger partial charge is 0.396 e. The van der Waals surface area contributed by atoms with E-state index in [-0.39, 0.29) is 17.8 Å². The molecule has 0 spiro atoms. The molecule has 0 bridgehead atoms. The number of hydrogen-bond donors (Lipinski definition) is 0. The summed E-state index contributed by atoms with van der Waals surface area (Å²) in [4.78, 5) is 0. The van der Waals surface area contributed by atoms with Gasteiger partial charge in [-0.15, -0.1) is 0 Å². The van der Waals surface area contributed by atoms with Crippen molar-refractivity contribution in [2.45, 2.75) is 59.5 Å². The minimum atomic E-state index is -4.32. The second kappa shape index (κ2) is 10.8. The molecule has 0 amide bonds. The van der Waals surface area contributed by atoms with Crippen LogP contribution in [0.4, 0.5) is 13.2 Å². The summed E-state index contributed by atoms with van der Waals surface area (Å²) in [6.45, 7) is 15.0. The summed E-state index contributed by atoms with van der Waals surface area (Å²) >= 11 is 0. The Hall–Kier alpha value is -2.29. The first-order valence-corrected chi connectivity index (χ1v) is 14.3. The lowest BCUT2D eigenvalue weighted by Crippen LogP contribution is -2.56. The number of alkyl halides is 3. The van der Waals surface area contributed by atoms with Gasteiger partial charge in [0.2, 0.25) is 8.32 Å². The zero-order chi connectivity index (χ0) is 24.9. The average Bonchev–Trinajstić information content (AvgIpc) is 2.75. The van der Waals surface area contributed by atoms with Crippen LogP contribution in [0.25, 0.3) is 6.08 Å². The Bertz CT molecular complexity index is 970. The summed E-state index contributed by atoms with van der Waals surface area (Å²) < 4.78 is 45.2. The van der Waals surface area contributed by atoms with E-state index in [9.17, 15) is 13.2 Å². The van der Waals surface area contributed by atoms with Crippen molar-refractivity contribution in [2.75, 3.05) is 0 Å². The van der Waals surface area contributed by atoms with E-state index in [1.54, 1.807) is 0 Å². The van der Waals surface area contributed by atoms with Gasteiger partial charge in [-0.05, 0) is 54.7 Å². The van der Waals surface area contributed by atoms with Crippen LogP contribution in [0, 0.1) is 29.6 Å². The monoisotopic (exact) mass is 472 g/mol. The Morgan fingerprint density at radius 1 is 0.848 bits per heavy atom. The van der Waals surface area contributed by atoms with Gasteiger partial charge >= 0.3 is 6.18 Å². The van der Waals surface area contributed by atoms with Crippen molar-refractivity contribution in [1.29, 1.82) is 0 Å². The topological polar surface area (TPSA) is 9.23 Å². The average molecular weight is 473 g/mol. The van der Waals surface area contributed by atoms with E-state index in [2.05, 4.69) is 64.8 Å². The molecule has 0 N–H and O–H groups in total. The van der Waals surface area contributed by atoms with Gasteiger partial charge in [-0.1, -0.05) is 94.2 Å². The molecular formula is C28H35F3OSi. The number of allylic oxidation sites excluding steroid dienone is 1. The fourth-order valence-corrected chi connectivity index (χ4v) is 6.33. The van der Waals surface area contributed by atoms with Gasteiger partial charge in [0.05, 0.1) is 5.56 Å². The molecule has 2 aromatic rings. The Kier molecular flexibility index (Phi) is 8.79. The summed E-state index contributed by atoms with van der Waals surface area (Å²) in [5.74, 6) is 7.13. The van der Waals surface area contributed by atoms with Gasteiger partial charge in [0, 0.05) is 5.92 Å². The summed E-state index contributed by atoms with van der Waals surface area (Å²) in [5.41, 5.74) is -0.528. The molecule has 33 heavy (non-hydrogen) atoms. The molecule has 0 aliphatic carbocycles. The molecule has 2 rings (SSSR count). The van der Waals surface area contributed by atoms with Gasteiger partial charge in [-0.2, -0.15) is 13.2 Å². The quantitative estimate of drug-likeness (QED) is 0.299. The highest BCUT2D eigenvalue weighted by Gasteiger charge is 2.43. The first kappa shape index (κ1) is 27.0. The Morgan fingerprint density at radius 3 is 1.88 bits per heavy atom. The lowest BCUT2D eigenvalue weighted by molar-refractivity contribution is -0.137. The van der Waals surface area contributed by atoms with Gasteiger partial charge < -0.3 is 4.43 Å². The Morgan fingerprint density at radius 2 is 1.39 bits per heavy atom. The van der Waals surface area contributed by atoms with E-state index in [1.165, 1.54) is 17.3 Å². The summed E-state index contributed by atoms with van der Waals surface area (Å²) in [6.07, 6.45) is -0.592. The van der Waals surface area contributed by atoms with Crippen molar-refractivity contribution in [3.05, 3.63) is 71.8 Å². The molecule has 1 atom stereocenters. The molecule has 0 aromatic heterocycles. The minimum absolute atomic E-state index is 0.0747. The van der Waals surface area contributed by atoms with Gasteiger partial charge in [0.15, 0.2) is 0 Å². The largest absolute Gasteiger partial charge is 0.416 e. The van der Waals surface area contributed by atoms with E-state index in [1.807, 2.05) is 37.3 Å². The second-order valence-corrected chi connectivity index (χ2v) is 13.4. The van der Waals surface area contributed by atoms with Crippen LogP contribution in [0.5, 0.6) is 0 Å². The zero-order valence-electron chi connectivity index (χ0n) is 20.6. The summed E-state index contributed by atoms with van der Waals surface area (Å²) in [5, 5.41) is 1.23. The lowest BCUT2D eigenvalue weighted by Gasteiger charge is -2.43. The molecule has 178 valence electrons. The van der Waals surface area contributed by atoms with Crippen molar-refractivity contribution < 1.29 is 17.6 Å². The third kappa shape index (κ3) is 7.09. The van der Waals surface area contributed by atoms with E-state index in [0.717, 1.165) is 12.1 Å². The first-order valence-electron chi connectivity index (χ1n) is 11.4. The van der Waals surface area contributed by atoms with Crippen LogP contribution in [0.3, 0.4) is 0 Å². The van der Waals surface area contributed by atoms with Crippen molar-refractivity contribution in [2.24, 2.45) is 17.8 Å². The standard InChI is InChI=1S/C28H35F3OSi/c1-21(2)27(22(3)4,32-33(6,7)26-11-9-8-10-12-26)20-19-23(5)13-14-24-15-17-25(18-16-24)28(29,30)31/h8-18,21-23H,1-7H3/b14-13+/t23-/m0/s1. The minimum Gasteiger partial charge on any atom is -0.396 e. The molecular weight excluding hydrogens is 437 g/mol. The second-order valence-electron chi connectivity index (χ2n) is 9.62. The molecule has 0 aliphatic rings. The predicted molar refractivity (Wildman–Crippen MR) is 134 cm³/mol. The van der Waals surface area contributed by atoms with Crippen molar-refractivity contribution in [3.63, 3.8) is 0 Å². The van der Waals surface area contributed by atoms with Crippen LogP contribution in [-0.4, -0.2) is 13.9 Å². The van der Waals surface area contributed by atoms with Gasteiger partial charge in [-0.25, -0.2) is 0 Å².